The topological polar surface area (TPSA) is 66.8 Å². The molecule has 6 heteroatoms. The first-order valence-electron chi connectivity index (χ1n) is 5.35. The average molecular weight is 314 g/mol. The lowest BCUT2D eigenvalue weighted by Crippen LogP contribution is -2.44. The minimum Gasteiger partial charge on any atom is -0.480 e. The van der Waals surface area contributed by atoms with Crippen LogP contribution < -0.4 is 0 Å². The molecule has 0 aromatic heterocycles. The number of amides is 1. The van der Waals surface area contributed by atoms with E-state index in [2.05, 4.69) is 15.9 Å². The van der Waals surface area contributed by atoms with E-state index in [9.17, 15) is 9.59 Å². The van der Waals surface area contributed by atoms with Gasteiger partial charge < -0.3 is 14.7 Å². The van der Waals surface area contributed by atoms with Gasteiger partial charge in [-0.05, 0) is 23.8 Å². The maximum Gasteiger partial charge on any atom is 0.328 e. The van der Waals surface area contributed by atoms with Gasteiger partial charge in [-0.1, -0.05) is 15.9 Å². The van der Waals surface area contributed by atoms with Crippen molar-refractivity contribution in [3.63, 3.8) is 0 Å². The van der Waals surface area contributed by atoms with Crippen molar-refractivity contribution in [2.45, 2.75) is 12.6 Å². The number of benzene rings is 1. The van der Waals surface area contributed by atoms with Gasteiger partial charge in [-0.25, -0.2) is 4.79 Å². The third kappa shape index (κ3) is 2.26. The Morgan fingerprint density at radius 3 is 2.94 bits per heavy atom. The Bertz CT molecular complexity index is 503. The monoisotopic (exact) mass is 313 g/mol. The molecule has 1 aromatic rings. The van der Waals surface area contributed by atoms with Crippen molar-refractivity contribution in [1.82, 2.24) is 4.90 Å². The van der Waals surface area contributed by atoms with Gasteiger partial charge in [0.05, 0.1) is 6.61 Å². The highest BCUT2D eigenvalue weighted by Crippen LogP contribution is 2.27. The molecule has 2 rings (SSSR count). The van der Waals surface area contributed by atoms with Crippen molar-refractivity contribution in [3.8, 4) is 0 Å². The molecule has 1 aliphatic heterocycles. The number of carbonyl (C=O) groups is 2. The number of aliphatic carboxylic acids is 1. The molecule has 1 aromatic carbocycles. The number of hydrogen-bond acceptors (Lipinski definition) is 3. The van der Waals surface area contributed by atoms with E-state index in [1.54, 1.807) is 12.1 Å². The minimum absolute atomic E-state index is 0.0176. The number of hydrogen-bond donors (Lipinski definition) is 1. The summed E-state index contributed by atoms with van der Waals surface area (Å²) in [6.45, 7) is 0.282. The summed E-state index contributed by atoms with van der Waals surface area (Å²) in [7, 11) is 1.42. The van der Waals surface area contributed by atoms with E-state index in [4.69, 9.17) is 9.84 Å². The summed E-state index contributed by atoms with van der Waals surface area (Å²) >= 11 is 3.33. The number of carbonyl (C=O) groups excluding carboxylic acids is 1. The van der Waals surface area contributed by atoms with E-state index < -0.39 is 12.0 Å². The van der Waals surface area contributed by atoms with Crippen molar-refractivity contribution in [2.75, 3.05) is 13.7 Å². The smallest absolute Gasteiger partial charge is 0.328 e. The first-order chi connectivity index (χ1) is 8.54. The Labute approximate surface area is 112 Å². The lowest BCUT2D eigenvalue weighted by molar-refractivity contribution is -0.144. The quantitative estimate of drug-likeness (QED) is 0.915. The van der Waals surface area contributed by atoms with Crippen LogP contribution in [0.2, 0.25) is 0 Å². The first kappa shape index (κ1) is 13.0. The number of carboxylic acids is 1. The molecular weight excluding hydrogens is 302 g/mol. The van der Waals surface area contributed by atoms with Gasteiger partial charge in [0.15, 0.2) is 6.04 Å². The van der Waals surface area contributed by atoms with E-state index in [1.165, 1.54) is 12.0 Å². The molecular formula is C12H12BrNO4. The molecule has 1 amide bonds. The van der Waals surface area contributed by atoms with Crippen molar-refractivity contribution in [1.29, 1.82) is 0 Å². The van der Waals surface area contributed by atoms with E-state index in [-0.39, 0.29) is 12.5 Å². The lowest BCUT2D eigenvalue weighted by Gasteiger charge is -2.23. The molecule has 5 nitrogen and oxygen atoms in total. The fourth-order valence-corrected chi connectivity index (χ4v) is 2.42. The molecule has 0 aliphatic carbocycles. The van der Waals surface area contributed by atoms with Gasteiger partial charge in [0, 0.05) is 23.7 Å². The second-order valence-electron chi connectivity index (χ2n) is 4.04. The van der Waals surface area contributed by atoms with Crippen molar-refractivity contribution < 1.29 is 19.4 Å². The number of methoxy groups -OCH3 is 1. The highest BCUT2D eigenvalue weighted by molar-refractivity contribution is 9.10. The number of rotatable bonds is 4. The summed E-state index contributed by atoms with van der Waals surface area (Å²) in [6, 6.07) is 4.35. The lowest BCUT2D eigenvalue weighted by atomic mass is 10.1. The second kappa shape index (κ2) is 5.07. The van der Waals surface area contributed by atoms with Gasteiger partial charge in [0.1, 0.15) is 0 Å². The molecule has 1 unspecified atom stereocenters. The van der Waals surface area contributed by atoms with E-state index >= 15 is 0 Å². The zero-order valence-electron chi connectivity index (χ0n) is 9.72. The summed E-state index contributed by atoms with van der Waals surface area (Å²) < 4.78 is 5.73. The average Bonchev–Trinajstić information content (AvgIpc) is 2.62. The summed E-state index contributed by atoms with van der Waals surface area (Å²) in [5.41, 5.74) is 1.39. The predicted molar refractivity (Wildman–Crippen MR) is 67.3 cm³/mol. The van der Waals surface area contributed by atoms with E-state index in [0.717, 1.165) is 10.0 Å². The van der Waals surface area contributed by atoms with Crippen LogP contribution in [0.1, 0.15) is 15.9 Å². The first-order valence-corrected chi connectivity index (χ1v) is 6.15. The molecule has 0 fully saturated rings. The van der Waals surface area contributed by atoms with Crippen molar-refractivity contribution in [2.24, 2.45) is 0 Å². The van der Waals surface area contributed by atoms with Crippen LogP contribution in [0.5, 0.6) is 0 Å². The van der Waals surface area contributed by atoms with Gasteiger partial charge >= 0.3 is 5.97 Å². The van der Waals surface area contributed by atoms with Gasteiger partial charge in [0.25, 0.3) is 5.91 Å². The van der Waals surface area contributed by atoms with Crippen LogP contribution in [0.15, 0.2) is 22.7 Å². The predicted octanol–water partition coefficient (Wildman–Crippen LogP) is 1.50. The molecule has 0 spiro atoms. The molecule has 96 valence electrons. The fraction of sp³-hybridized carbons (Fsp3) is 0.333. The zero-order chi connectivity index (χ0) is 13.3. The van der Waals surface area contributed by atoms with Crippen LogP contribution in [0.3, 0.4) is 0 Å². The van der Waals surface area contributed by atoms with Crippen LogP contribution in [0, 0.1) is 0 Å². The molecule has 0 radical (unpaired) electrons. The van der Waals surface area contributed by atoms with Crippen LogP contribution in [-0.4, -0.2) is 41.6 Å². The number of halogens is 1. The Balaban J connectivity index is 2.29. The fourth-order valence-electron chi connectivity index (χ4n) is 2.02. The molecule has 18 heavy (non-hydrogen) atoms. The van der Waals surface area contributed by atoms with E-state index in [0.29, 0.717) is 12.1 Å². The molecule has 1 atom stereocenters. The molecule has 0 saturated carbocycles. The van der Waals surface area contributed by atoms with Crippen LogP contribution in [0.4, 0.5) is 0 Å². The van der Waals surface area contributed by atoms with Gasteiger partial charge in [-0.2, -0.15) is 0 Å². The SMILES string of the molecule is COCC(C(=O)O)N1Cc2cc(Br)ccc2C1=O. The van der Waals surface area contributed by atoms with Crippen molar-refractivity contribution >= 4 is 27.8 Å². The van der Waals surface area contributed by atoms with Crippen LogP contribution >= 0.6 is 15.9 Å². The third-order valence-electron chi connectivity index (χ3n) is 2.89. The molecule has 1 aliphatic rings. The number of nitrogens with zero attached hydrogens (tertiary/aromatic N) is 1. The van der Waals surface area contributed by atoms with Crippen molar-refractivity contribution in [3.05, 3.63) is 33.8 Å². The maximum atomic E-state index is 12.1. The zero-order valence-corrected chi connectivity index (χ0v) is 11.3. The molecule has 0 bridgehead atoms. The Morgan fingerprint density at radius 1 is 1.61 bits per heavy atom. The van der Waals surface area contributed by atoms with Crippen LogP contribution in [-0.2, 0) is 16.1 Å². The molecule has 1 heterocycles. The summed E-state index contributed by atoms with van der Waals surface area (Å²) in [5.74, 6) is -1.32. The minimum atomic E-state index is -1.06. The molecule has 1 N–H and O–H groups in total. The highest BCUT2D eigenvalue weighted by Gasteiger charge is 2.36. The summed E-state index contributed by atoms with van der Waals surface area (Å²) in [4.78, 5) is 24.6. The van der Waals surface area contributed by atoms with Gasteiger partial charge in [-0.3, -0.25) is 4.79 Å². The largest absolute Gasteiger partial charge is 0.480 e. The Hall–Kier alpha value is -1.40. The maximum absolute atomic E-state index is 12.1. The standard InChI is InChI=1S/C12H12BrNO4/c1-18-6-10(12(16)17)14-5-7-4-8(13)2-3-9(7)11(14)15/h2-4,10H,5-6H2,1H3,(H,16,17). The van der Waals surface area contributed by atoms with Crippen LogP contribution in [0.25, 0.3) is 0 Å². The van der Waals surface area contributed by atoms with Gasteiger partial charge in [-0.15, -0.1) is 0 Å². The number of carboxylic acid groups (broad SMARTS) is 1. The Kier molecular flexibility index (Phi) is 3.68. The highest BCUT2D eigenvalue weighted by atomic mass is 79.9. The normalized spacial score (nSPS) is 15.7. The Morgan fingerprint density at radius 2 is 2.33 bits per heavy atom. The summed E-state index contributed by atoms with van der Waals surface area (Å²) in [5, 5.41) is 9.13. The molecule has 0 saturated heterocycles. The number of fused-ring (bicyclic) bond motifs is 1. The van der Waals surface area contributed by atoms with E-state index in [1.807, 2.05) is 6.07 Å². The number of ether oxygens (including phenoxy) is 1. The van der Waals surface area contributed by atoms with Gasteiger partial charge in [0.2, 0.25) is 0 Å². The summed E-state index contributed by atoms with van der Waals surface area (Å²) in [6.07, 6.45) is 0. The second-order valence-corrected chi connectivity index (χ2v) is 4.96. The third-order valence-corrected chi connectivity index (χ3v) is 3.38.